The SMILES string of the molecule is CCC[CH2][Sn]([CH2]CCC)([CH2]CCC)[c]1cn(C(C)c2ccccc2)cn1.C[CH-]C.[Cl-].[Cl-].[Li+].[Mg+2]. The first kappa shape index (κ1) is 41.3. The first-order valence-electron chi connectivity index (χ1n) is 11.9. The van der Waals surface area contributed by atoms with E-state index in [1.54, 1.807) is 0 Å². The van der Waals surface area contributed by atoms with E-state index in [0.717, 1.165) is 0 Å². The molecule has 0 spiro atoms. The maximum absolute atomic E-state index is 5.05. The summed E-state index contributed by atoms with van der Waals surface area (Å²) in [5.41, 5.74) is 1.37. The molecule has 7 heteroatoms. The van der Waals surface area contributed by atoms with Gasteiger partial charge >= 0.3 is 208 Å². The van der Waals surface area contributed by atoms with Crippen LogP contribution in [-0.4, -0.2) is 51.0 Å². The van der Waals surface area contributed by atoms with Crippen LogP contribution in [0.25, 0.3) is 0 Å². The van der Waals surface area contributed by atoms with Gasteiger partial charge < -0.3 is 31.2 Å². The van der Waals surface area contributed by atoms with Crippen LogP contribution in [0.4, 0.5) is 0 Å². The maximum Gasteiger partial charge on any atom is 2.00 e. The molecule has 180 valence electrons. The molecule has 33 heavy (non-hydrogen) atoms. The molecule has 2 rings (SSSR count). The first-order valence-corrected chi connectivity index (χ1v) is 19.4. The normalized spacial score (nSPS) is 10.8. The van der Waals surface area contributed by atoms with Crippen LogP contribution in [0.3, 0.4) is 0 Å². The van der Waals surface area contributed by atoms with E-state index in [-0.39, 0.29) is 66.7 Å². The third kappa shape index (κ3) is 14.5. The molecule has 0 saturated carbocycles. The molecule has 1 aromatic heterocycles. The standard InChI is InChI=1S/C11H11N2.3C4H9.C3H7.2ClH.Li.Mg.Sn/c1-10(13-8-7-12-9-13)11-5-3-2-4-6-11;3*1-3-4-2;1-3-2;;;;;/h2-6,8-10H,1H3;3*1,3-4H2,2H3;3H,1-2H3;2*1H;;;/q;;;;-1;;;+1;+2;/p-2. The molecule has 0 N–H and O–H groups in total. The quantitative estimate of drug-likeness (QED) is 0.211. The largest absolute Gasteiger partial charge is 2.00 e. The van der Waals surface area contributed by atoms with Gasteiger partial charge in [0, 0.05) is 0 Å². The summed E-state index contributed by atoms with van der Waals surface area (Å²) in [7, 11) is 0. The molecule has 1 atom stereocenters. The summed E-state index contributed by atoms with van der Waals surface area (Å²) >= 11 is -2.39. The Morgan fingerprint density at radius 3 is 1.70 bits per heavy atom. The first-order chi connectivity index (χ1) is 14.1. The molecular formula is C26H45Cl2LiMgN2Sn. The van der Waals surface area contributed by atoms with Crippen LogP contribution in [0.2, 0.25) is 13.3 Å². The Kier molecular flexibility index (Phi) is 31.1. The number of benzene rings is 1. The number of rotatable bonds is 12. The van der Waals surface area contributed by atoms with E-state index < -0.39 is 18.4 Å². The van der Waals surface area contributed by atoms with E-state index in [4.69, 9.17) is 4.98 Å². The molecule has 0 fully saturated rings. The Morgan fingerprint density at radius 2 is 1.30 bits per heavy atom. The zero-order chi connectivity index (χ0) is 21.5. The minimum Gasteiger partial charge on any atom is -1.00 e. The van der Waals surface area contributed by atoms with Gasteiger partial charge in [-0.3, -0.25) is 0 Å². The summed E-state index contributed by atoms with van der Waals surface area (Å²) in [6.07, 6.45) is 14.7. The summed E-state index contributed by atoms with van der Waals surface area (Å²) in [6, 6.07) is 11.2. The number of hydrogen-bond acceptors (Lipinski definition) is 1. The van der Waals surface area contributed by atoms with Gasteiger partial charge in [0.05, 0.1) is 0 Å². The van der Waals surface area contributed by atoms with Crippen LogP contribution >= 0.6 is 0 Å². The zero-order valence-corrected chi connectivity index (χ0v) is 28.2. The van der Waals surface area contributed by atoms with Crippen molar-refractivity contribution in [1.29, 1.82) is 0 Å². The van der Waals surface area contributed by atoms with Crippen molar-refractivity contribution in [3.63, 3.8) is 0 Å². The second kappa shape index (κ2) is 24.8. The van der Waals surface area contributed by atoms with Crippen molar-refractivity contribution in [2.24, 2.45) is 0 Å². The van der Waals surface area contributed by atoms with Crippen LogP contribution in [0, 0.1) is 6.42 Å². The summed E-state index contributed by atoms with van der Waals surface area (Å²) < 4.78 is 8.36. The predicted octanol–water partition coefficient (Wildman–Crippen LogP) is -1.59. The fourth-order valence-corrected chi connectivity index (χ4v) is 19.3. The molecule has 0 aliphatic rings. The van der Waals surface area contributed by atoms with Gasteiger partial charge in [0.25, 0.3) is 0 Å². The Bertz CT molecular complexity index is 637. The molecule has 0 aliphatic carbocycles. The van der Waals surface area contributed by atoms with Gasteiger partial charge in [0.15, 0.2) is 0 Å². The molecule has 0 bridgehead atoms. The average molecular weight is 607 g/mol. The van der Waals surface area contributed by atoms with Crippen molar-refractivity contribution in [2.45, 2.75) is 99.4 Å². The molecule has 0 radical (unpaired) electrons. The number of halogens is 2. The second-order valence-electron chi connectivity index (χ2n) is 8.46. The second-order valence-corrected chi connectivity index (χ2v) is 21.5. The fraction of sp³-hybridized carbons (Fsp3) is 0.615. The molecule has 1 aromatic carbocycles. The summed E-state index contributed by atoms with van der Waals surface area (Å²) in [4.78, 5) is 5.05. The Labute approximate surface area is 250 Å². The predicted molar refractivity (Wildman–Crippen MR) is 138 cm³/mol. The smallest absolute Gasteiger partial charge is 1.00 e. The molecule has 0 aliphatic heterocycles. The van der Waals surface area contributed by atoms with E-state index in [0.29, 0.717) is 6.04 Å². The van der Waals surface area contributed by atoms with Crippen LogP contribution in [0.15, 0.2) is 42.9 Å². The number of aromatic nitrogens is 2. The fourth-order valence-electron chi connectivity index (χ4n) is 4.03. The van der Waals surface area contributed by atoms with E-state index in [1.807, 2.05) is 20.3 Å². The summed E-state index contributed by atoms with van der Waals surface area (Å²) in [5, 5.41) is 0. The van der Waals surface area contributed by atoms with Gasteiger partial charge in [0.1, 0.15) is 0 Å². The van der Waals surface area contributed by atoms with Crippen molar-refractivity contribution in [1.82, 2.24) is 9.55 Å². The molecule has 2 aromatic rings. The van der Waals surface area contributed by atoms with Crippen molar-refractivity contribution < 1.29 is 43.7 Å². The number of imidazole rings is 1. The zero-order valence-electron chi connectivity index (χ0n) is 22.4. The number of unbranched alkanes of at least 4 members (excludes halogenated alkanes) is 3. The molecular weight excluding hydrogens is 561 g/mol. The van der Waals surface area contributed by atoms with Crippen LogP contribution < -0.4 is 47.4 Å². The van der Waals surface area contributed by atoms with Gasteiger partial charge in [-0.15, -0.1) is 0 Å². The van der Waals surface area contributed by atoms with E-state index >= 15 is 0 Å². The summed E-state index contributed by atoms with van der Waals surface area (Å²) in [6.45, 7) is 13.3. The van der Waals surface area contributed by atoms with Crippen molar-refractivity contribution in [2.75, 3.05) is 0 Å². The van der Waals surface area contributed by atoms with Gasteiger partial charge in [-0.25, -0.2) is 0 Å². The maximum atomic E-state index is 5.05. The average Bonchev–Trinajstić information content (AvgIpc) is 3.25. The van der Waals surface area contributed by atoms with E-state index in [2.05, 4.69) is 75.1 Å². The van der Waals surface area contributed by atoms with Crippen molar-refractivity contribution in [3.05, 3.63) is 54.8 Å². The van der Waals surface area contributed by atoms with Gasteiger partial charge in [-0.1, -0.05) is 0 Å². The van der Waals surface area contributed by atoms with E-state index in [9.17, 15) is 0 Å². The van der Waals surface area contributed by atoms with E-state index in [1.165, 1.54) is 61.1 Å². The van der Waals surface area contributed by atoms with Gasteiger partial charge in [0.2, 0.25) is 0 Å². The minimum absolute atomic E-state index is 0. The Hall–Kier alpha value is 1.17. The Morgan fingerprint density at radius 1 is 0.879 bits per heavy atom. The van der Waals surface area contributed by atoms with Gasteiger partial charge in [-0.05, 0) is 0 Å². The molecule has 0 saturated heterocycles. The monoisotopic (exact) mass is 606 g/mol. The number of hydrogen-bond donors (Lipinski definition) is 0. The van der Waals surface area contributed by atoms with Gasteiger partial charge in [-0.2, -0.15) is 13.8 Å². The molecule has 1 heterocycles. The van der Waals surface area contributed by atoms with Crippen molar-refractivity contribution in [3.8, 4) is 0 Å². The Balaban J connectivity index is -0.000000569. The third-order valence-corrected chi connectivity index (χ3v) is 21.0. The van der Waals surface area contributed by atoms with Crippen molar-refractivity contribution >= 4 is 45.1 Å². The molecule has 0 amide bonds. The van der Waals surface area contributed by atoms with Crippen LogP contribution in [0.1, 0.15) is 91.7 Å². The van der Waals surface area contributed by atoms with Crippen LogP contribution in [-0.2, 0) is 0 Å². The topological polar surface area (TPSA) is 17.8 Å². The molecule has 2 nitrogen and oxygen atoms in total. The number of nitrogens with zero attached hydrogens (tertiary/aromatic N) is 2. The third-order valence-electron chi connectivity index (χ3n) is 5.90. The summed E-state index contributed by atoms with van der Waals surface area (Å²) in [5.74, 6) is 0. The molecule has 1 unspecified atom stereocenters. The minimum atomic E-state index is -2.39. The van der Waals surface area contributed by atoms with Crippen LogP contribution in [0.5, 0.6) is 0 Å².